The molecular weight excluding hydrogens is 340 g/mol. The second kappa shape index (κ2) is 8.08. The van der Waals surface area contributed by atoms with Crippen LogP contribution in [0.2, 0.25) is 0 Å². The average molecular weight is 364 g/mol. The van der Waals surface area contributed by atoms with E-state index in [1.165, 1.54) is 0 Å². The number of aromatic amines is 1. The third-order valence-corrected chi connectivity index (χ3v) is 4.63. The standard InChI is InChI=1S/C22H24N2O3/c1-4-18-14(3)19-11-8-16(13-20(19)24-22(18)26)23-21(25)12-15-6-9-17(10-7-15)27-5-2/h6-11,13H,4-5,12H2,1-3H3,(H,23,25)(H,24,26). The van der Waals surface area contributed by atoms with Gasteiger partial charge >= 0.3 is 0 Å². The highest BCUT2D eigenvalue weighted by atomic mass is 16.5. The number of hydrogen-bond donors (Lipinski definition) is 2. The van der Waals surface area contributed by atoms with Gasteiger partial charge < -0.3 is 15.0 Å². The van der Waals surface area contributed by atoms with Crippen LogP contribution in [0.1, 0.15) is 30.5 Å². The summed E-state index contributed by atoms with van der Waals surface area (Å²) in [5.41, 5.74) is 4.03. The van der Waals surface area contributed by atoms with Crippen molar-refractivity contribution in [2.24, 2.45) is 0 Å². The Morgan fingerprint density at radius 3 is 2.52 bits per heavy atom. The molecule has 0 radical (unpaired) electrons. The molecule has 1 aromatic heterocycles. The lowest BCUT2D eigenvalue weighted by molar-refractivity contribution is -0.115. The van der Waals surface area contributed by atoms with E-state index < -0.39 is 0 Å². The van der Waals surface area contributed by atoms with Gasteiger partial charge in [-0.25, -0.2) is 0 Å². The lowest BCUT2D eigenvalue weighted by atomic mass is 10.0. The maximum Gasteiger partial charge on any atom is 0.251 e. The zero-order chi connectivity index (χ0) is 19.4. The third kappa shape index (κ3) is 4.19. The molecule has 0 atom stereocenters. The largest absolute Gasteiger partial charge is 0.494 e. The summed E-state index contributed by atoms with van der Waals surface area (Å²) in [5, 5.41) is 3.89. The Balaban J connectivity index is 1.76. The average Bonchev–Trinajstić information content (AvgIpc) is 2.63. The molecule has 3 rings (SSSR count). The molecule has 0 saturated heterocycles. The molecule has 0 saturated carbocycles. The Morgan fingerprint density at radius 2 is 1.85 bits per heavy atom. The quantitative estimate of drug-likeness (QED) is 0.695. The van der Waals surface area contributed by atoms with E-state index in [-0.39, 0.29) is 17.9 Å². The minimum Gasteiger partial charge on any atom is -0.494 e. The number of aromatic nitrogens is 1. The number of pyridine rings is 1. The molecule has 0 unspecified atom stereocenters. The molecule has 0 aliphatic heterocycles. The number of ether oxygens (including phenoxy) is 1. The summed E-state index contributed by atoms with van der Waals surface area (Å²) in [5.74, 6) is 0.685. The highest BCUT2D eigenvalue weighted by Crippen LogP contribution is 2.22. The van der Waals surface area contributed by atoms with Gasteiger partial charge in [0.15, 0.2) is 0 Å². The molecule has 5 heteroatoms. The van der Waals surface area contributed by atoms with Crippen molar-refractivity contribution in [3.8, 4) is 5.75 Å². The minimum atomic E-state index is -0.109. The molecule has 1 heterocycles. The molecular formula is C22H24N2O3. The molecule has 0 bridgehead atoms. The summed E-state index contributed by atoms with van der Waals surface area (Å²) < 4.78 is 5.41. The molecule has 2 N–H and O–H groups in total. The van der Waals surface area contributed by atoms with Gasteiger partial charge in [-0.3, -0.25) is 9.59 Å². The topological polar surface area (TPSA) is 71.2 Å². The fourth-order valence-corrected chi connectivity index (χ4v) is 3.27. The molecule has 0 aliphatic carbocycles. The summed E-state index contributed by atoms with van der Waals surface area (Å²) in [4.78, 5) is 27.4. The number of fused-ring (bicyclic) bond motifs is 1. The predicted octanol–water partition coefficient (Wildman–Crippen LogP) is 3.98. The van der Waals surface area contributed by atoms with Crippen molar-refractivity contribution in [1.29, 1.82) is 0 Å². The van der Waals surface area contributed by atoms with Crippen LogP contribution in [0.15, 0.2) is 47.3 Å². The summed E-state index contributed by atoms with van der Waals surface area (Å²) in [6, 6.07) is 13.1. The number of anilines is 1. The number of carbonyl (C=O) groups is 1. The van der Waals surface area contributed by atoms with E-state index >= 15 is 0 Å². The van der Waals surface area contributed by atoms with Gasteiger partial charge in [-0.05, 0) is 55.7 Å². The lowest BCUT2D eigenvalue weighted by Crippen LogP contribution is -2.16. The molecule has 5 nitrogen and oxygen atoms in total. The van der Waals surface area contributed by atoms with Crippen molar-refractivity contribution in [1.82, 2.24) is 4.98 Å². The van der Waals surface area contributed by atoms with Crippen LogP contribution < -0.4 is 15.6 Å². The van der Waals surface area contributed by atoms with E-state index in [4.69, 9.17) is 4.74 Å². The van der Waals surface area contributed by atoms with Crippen LogP contribution in [0.5, 0.6) is 5.75 Å². The zero-order valence-corrected chi connectivity index (χ0v) is 15.9. The number of benzene rings is 2. The molecule has 27 heavy (non-hydrogen) atoms. The van der Waals surface area contributed by atoms with Gasteiger partial charge in [0.25, 0.3) is 5.56 Å². The van der Waals surface area contributed by atoms with Crippen LogP contribution in [-0.2, 0) is 17.6 Å². The number of aryl methyl sites for hydroxylation is 1. The number of nitrogens with one attached hydrogen (secondary N) is 2. The Morgan fingerprint density at radius 1 is 1.11 bits per heavy atom. The first kappa shape index (κ1) is 18.7. The van der Waals surface area contributed by atoms with E-state index in [1.54, 1.807) is 6.07 Å². The summed E-state index contributed by atoms with van der Waals surface area (Å²) in [6.07, 6.45) is 0.965. The first-order valence-corrected chi connectivity index (χ1v) is 9.19. The van der Waals surface area contributed by atoms with Crippen molar-refractivity contribution >= 4 is 22.5 Å². The number of H-pyrrole nitrogens is 1. The molecule has 0 spiro atoms. The zero-order valence-electron chi connectivity index (χ0n) is 15.9. The first-order chi connectivity index (χ1) is 13.0. The maximum atomic E-state index is 12.3. The normalized spacial score (nSPS) is 10.8. The maximum absolute atomic E-state index is 12.3. The Kier molecular flexibility index (Phi) is 5.60. The van der Waals surface area contributed by atoms with Crippen molar-refractivity contribution in [3.05, 3.63) is 69.5 Å². The molecule has 0 fully saturated rings. The third-order valence-electron chi connectivity index (χ3n) is 4.63. The van der Waals surface area contributed by atoms with Crippen LogP contribution in [0.4, 0.5) is 5.69 Å². The molecule has 2 aromatic carbocycles. The van der Waals surface area contributed by atoms with Gasteiger partial charge in [0, 0.05) is 16.6 Å². The molecule has 1 amide bonds. The number of hydrogen-bond acceptors (Lipinski definition) is 3. The van der Waals surface area contributed by atoms with E-state index in [0.717, 1.165) is 33.3 Å². The lowest BCUT2D eigenvalue weighted by Gasteiger charge is -2.10. The van der Waals surface area contributed by atoms with E-state index in [9.17, 15) is 9.59 Å². The summed E-state index contributed by atoms with van der Waals surface area (Å²) >= 11 is 0. The van der Waals surface area contributed by atoms with Crippen LogP contribution in [0.3, 0.4) is 0 Å². The van der Waals surface area contributed by atoms with Crippen LogP contribution >= 0.6 is 0 Å². The van der Waals surface area contributed by atoms with Crippen LogP contribution in [-0.4, -0.2) is 17.5 Å². The number of rotatable bonds is 6. The molecule has 0 aliphatic rings. The van der Waals surface area contributed by atoms with Crippen molar-refractivity contribution in [3.63, 3.8) is 0 Å². The number of carbonyl (C=O) groups excluding carboxylic acids is 1. The van der Waals surface area contributed by atoms with Gasteiger partial charge in [-0.15, -0.1) is 0 Å². The SMILES string of the molecule is CCOc1ccc(CC(=O)Nc2ccc3c(C)c(CC)c(=O)[nH]c3c2)cc1. The van der Waals surface area contributed by atoms with Crippen molar-refractivity contribution < 1.29 is 9.53 Å². The van der Waals surface area contributed by atoms with Crippen molar-refractivity contribution in [2.75, 3.05) is 11.9 Å². The Bertz CT molecular complexity index is 1020. The van der Waals surface area contributed by atoms with Gasteiger partial charge in [0.1, 0.15) is 5.75 Å². The van der Waals surface area contributed by atoms with E-state index in [0.29, 0.717) is 18.7 Å². The predicted molar refractivity (Wildman–Crippen MR) is 109 cm³/mol. The highest BCUT2D eigenvalue weighted by Gasteiger charge is 2.10. The van der Waals surface area contributed by atoms with Gasteiger partial charge in [-0.2, -0.15) is 0 Å². The first-order valence-electron chi connectivity index (χ1n) is 9.19. The Labute approximate surface area is 158 Å². The van der Waals surface area contributed by atoms with E-state index in [2.05, 4.69) is 10.3 Å². The van der Waals surface area contributed by atoms with Crippen LogP contribution in [0, 0.1) is 6.92 Å². The molecule has 3 aromatic rings. The highest BCUT2D eigenvalue weighted by molar-refractivity contribution is 5.95. The van der Waals surface area contributed by atoms with Gasteiger partial charge in [0.05, 0.1) is 18.5 Å². The minimum absolute atomic E-state index is 0.0691. The fraction of sp³-hybridized carbons (Fsp3) is 0.273. The summed E-state index contributed by atoms with van der Waals surface area (Å²) in [7, 11) is 0. The smallest absolute Gasteiger partial charge is 0.251 e. The second-order valence-corrected chi connectivity index (χ2v) is 6.47. The Hall–Kier alpha value is -3.08. The van der Waals surface area contributed by atoms with Gasteiger partial charge in [-0.1, -0.05) is 25.1 Å². The van der Waals surface area contributed by atoms with Crippen molar-refractivity contribution in [2.45, 2.75) is 33.6 Å². The summed E-state index contributed by atoms with van der Waals surface area (Å²) in [6.45, 7) is 6.48. The second-order valence-electron chi connectivity index (χ2n) is 6.47. The van der Waals surface area contributed by atoms with E-state index in [1.807, 2.05) is 57.2 Å². The molecule has 140 valence electrons. The monoisotopic (exact) mass is 364 g/mol. The van der Waals surface area contributed by atoms with Crippen LogP contribution in [0.25, 0.3) is 10.9 Å². The van der Waals surface area contributed by atoms with Gasteiger partial charge in [0.2, 0.25) is 5.91 Å². The number of amides is 1. The fourth-order valence-electron chi connectivity index (χ4n) is 3.27.